The second kappa shape index (κ2) is 24.1. The van der Waals surface area contributed by atoms with E-state index in [1.54, 1.807) is 6.92 Å². The number of ketones is 1. The number of nitrogens with zero attached hydrogens (tertiary/aromatic N) is 2. The highest BCUT2D eigenvalue weighted by molar-refractivity contribution is 5.99. The van der Waals surface area contributed by atoms with Gasteiger partial charge in [-0.2, -0.15) is 0 Å². The topological polar surface area (TPSA) is 185 Å². The number of aryl methyl sites for hydroxylation is 1. The number of epoxide rings is 1. The molecule has 0 unspecified atom stereocenters. The zero-order valence-corrected chi connectivity index (χ0v) is 38.0. The van der Waals surface area contributed by atoms with Gasteiger partial charge in [0.1, 0.15) is 30.3 Å². The van der Waals surface area contributed by atoms with Gasteiger partial charge < -0.3 is 34.9 Å². The predicted octanol–water partition coefficient (Wildman–Crippen LogP) is 3.23. The molecule has 5 atom stereocenters. The van der Waals surface area contributed by atoms with Crippen LogP contribution in [0.25, 0.3) is 0 Å². The van der Waals surface area contributed by atoms with Crippen LogP contribution in [-0.4, -0.2) is 133 Å². The minimum absolute atomic E-state index is 0.0707. The molecule has 0 radical (unpaired) electrons. The van der Waals surface area contributed by atoms with Crippen LogP contribution in [0.4, 0.5) is 0 Å². The summed E-state index contributed by atoms with van der Waals surface area (Å²) in [5.74, 6) is -1.01. The van der Waals surface area contributed by atoms with E-state index in [0.717, 1.165) is 11.1 Å². The maximum atomic E-state index is 14.8. The van der Waals surface area contributed by atoms with Crippen LogP contribution < -0.4 is 16.0 Å². The van der Waals surface area contributed by atoms with Crippen LogP contribution in [0.15, 0.2) is 60.7 Å². The Morgan fingerprint density at radius 3 is 1.94 bits per heavy atom. The van der Waals surface area contributed by atoms with Crippen LogP contribution in [-0.2, 0) is 60.6 Å². The summed E-state index contributed by atoms with van der Waals surface area (Å²) in [6.07, 6.45) is 6.51. The maximum Gasteiger partial charge on any atom is 0.339 e. The third-order valence-electron chi connectivity index (χ3n) is 11.0. The molecule has 0 aromatic heterocycles. The zero-order chi connectivity index (χ0) is 46.2. The fraction of sp³-hybridized carbons (Fsp3) is 0.583. The molecular formula is C48H67N5O10. The molecule has 344 valence electrons. The van der Waals surface area contributed by atoms with E-state index >= 15 is 0 Å². The first kappa shape index (κ1) is 50.5. The minimum atomic E-state index is -1.46. The van der Waals surface area contributed by atoms with Gasteiger partial charge in [0.05, 0.1) is 32.4 Å². The second-order valence-electron chi connectivity index (χ2n) is 17.9. The number of hydrogen-bond donors (Lipinski definition) is 3. The molecule has 2 heterocycles. The van der Waals surface area contributed by atoms with Crippen LogP contribution >= 0.6 is 0 Å². The normalized spacial score (nSPS) is 18.3. The third kappa shape index (κ3) is 16.2. The molecule has 2 aliphatic rings. The highest BCUT2D eigenvalue weighted by Gasteiger charge is 2.50. The number of rotatable bonds is 25. The van der Waals surface area contributed by atoms with E-state index in [-0.39, 0.29) is 56.6 Å². The molecule has 0 saturated carbocycles. The summed E-state index contributed by atoms with van der Waals surface area (Å²) < 4.78 is 22.2. The van der Waals surface area contributed by atoms with E-state index in [1.165, 1.54) is 18.7 Å². The Morgan fingerprint density at radius 1 is 0.825 bits per heavy atom. The number of benzene rings is 2. The number of hydrogen-bond acceptors (Lipinski definition) is 11. The van der Waals surface area contributed by atoms with Crippen molar-refractivity contribution in [2.75, 3.05) is 52.8 Å². The summed E-state index contributed by atoms with van der Waals surface area (Å²) >= 11 is 0. The van der Waals surface area contributed by atoms with Gasteiger partial charge in [-0.3, -0.25) is 33.8 Å². The van der Waals surface area contributed by atoms with Crippen molar-refractivity contribution >= 4 is 35.4 Å². The Morgan fingerprint density at radius 2 is 1.37 bits per heavy atom. The number of nitrogens with one attached hydrogen (secondary N) is 3. The van der Waals surface area contributed by atoms with Gasteiger partial charge in [-0.25, -0.2) is 4.79 Å². The number of terminal acetylenes is 1. The van der Waals surface area contributed by atoms with E-state index in [9.17, 15) is 28.8 Å². The molecule has 0 bridgehead atoms. The van der Waals surface area contributed by atoms with Gasteiger partial charge in [0.25, 0.3) is 0 Å². The summed E-state index contributed by atoms with van der Waals surface area (Å²) in [5, 5.41) is 8.73. The van der Waals surface area contributed by atoms with Crippen LogP contribution in [0.3, 0.4) is 0 Å². The van der Waals surface area contributed by atoms with Crippen LogP contribution in [0, 0.1) is 24.2 Å². The molecule has 63 heavy (non-hydrogen) atoms. The number of ether oxygens (including phenoxy) is 4. The van der Waals surface area contributed by atoms with Crippen molar-refractivity contribution in [3.8, 4) is 12.3 Å². The van der Waals surface area contributed by atoms with Crippen molar-refractivity contribution in [1.29, 1.82) is 0 Å². The molecule has 2 aliphatic heterocycles. The summed E-state index contributed by atoms with van der Waals surface area (Å²) in [5.41, 5.74) is -0.762. The Balaban J connectivity index is 1.65. The van der Waals surface area contributed by atoms with Gasteiger partial charge >= 0.3 is 5.97 Å². The molecule has 2 fully saturated rings. The highest BCUT2D eigenvalue weighted by Crippen LogP contribution is 2.30. The van der Waals surface area contributed by atoms with Gasteiger partial charge in [-0.05, 0) is 69.4 Å². The number of amides is 4. The van der Waals surface area contributed by atoms with E-state index in [0.29, 0.717) is 39.1 Å². The SMILES string of the molecule is C#CCOC(C)(C)C(=O)OCN(C(=O)CN1CCOCC1)[C@@H](CCc1ccccc1)C(=O)N[C@@H](CC(C)C)C(=O)N[C@@H](Cc1ccccc1)C(=O)N[C@@H](CC(C)C)C(=O)[C@]1(C)CO1. The lowest BCUT2D eigenvalue weighted by molar-refractivity contribution is -0.175. The predicted molar refractivity (Wildman–Crippen MR) is 237 cm³/mol. The molecule has 2 aromatic carbocycles. The molecule has 15 heteroatoms. The first-order valence-corrected chi connectivity index (χ1v) is 21.9. The number of esters is 1. The molecular weight excluding hydrogens is 807 g/mol. The third-order valence-corrected chi connectivity index (χ3v) is 11.0. The van der Waals surface area contributed by atoms with Crippen molar-refractivity contribution in [3.05, 3.63) is 71.8 Å². The first-order chi connectivity index (χ1) is 29.9. The molecule has 4 rings (SSSR count). The van der Waals surface area contributed by atoms with Crippen molar-refractivity contribution in [3.63, 3.8) is 0 Å². The fourth-order valence-corrected chi connectivity index (χ4v) is 7.23. The van der Waals surface area contributed by atoms with E-state index in [1.807, 2.05) is 93.3 Å². The maximum absolute atomic E-state index is 14.8. The van der Waals surface area contributed by atoms with E-state index in [4.69, 9.17) is 25.4 Å². The first-order valence-electron chi connectivity index (χ1n) is 21.9. The molecule has 2 aromatic rings. The van der Waals surface area contributed by atoms with Gasteiger partial charge in [0.15, 0.2) is 18.1 Å². The molecule has 0 aliphatic carbocycles. The van der Waals surface area contributed by atoms with Crippen LogP contribution in [0.1, 0.15) is 78.9 Å². The van der Waals surface area contributed by atoms with Gasteiger partial charge in [-0.15, -0.1) is 6.42 Å². The Labute approximate surface area is 372 Å². The largest absolute Gasteiger partial charge is 0.442 e. The molecule has 15 nitrogen and oxygen atoms in total. The summed E-state index contributed by atoms with van der Waals surface area (Å²) in [6.45, 7) is 13.7. The Hall–Kier alpha value is -5.14. The fourth-order valence-electron chi connectivity index (χ4n) is 7.23. The smallest absolute Gasteiger partial charge is 0.339 e. The van der Waals surface area contributed by atoms with E-state index < -0.39 is 71.7 Å². The van der Waals surface area contributed by atoms with E-state index in [2.05, 4.69) is 21.9 Å². The summed E-state index contributed by atoms with van der Waals surface area (Å²) in [4.78, 5) is 87.7. The molecule has 3 N–H and O–H groups in total. The lowest BCUT2D eigenvalue weighted by Gasteiger charge is -2.35. The van der Waals surface area contributed by atoms with Crippen molar-refractivity contribution in [2.24, 2.45) is 11.8 Å². The van der Waals surface area contributed by atoms with Gasteiger partial charge in [0, 0.05) is 19.5 Å². The van der Waals surface area contributed by atoms with Gasteiger partial charge in [0.2, 0.25) is 23.6 Å². The van der Waals surface area contributed by atoms with Crippen LogP contribution in [0.2, 0.25) is 0 Å². The molecule has 4 amide bonds. The van der Waals surface area contributed by atoms with Crippen molar-refractivity contribution in [2.45, 2.75) is 116 Å². The minimum Gasteiger partial charge on any atom is -0.442 e. The second-order valence-corrected chi connectivity index (χ2v) is 17.9. The quantitative estimate of drug-likeness (QED) is 0.0576. The van der Waals surface area contributed by atoms with Crippen LogP contribution in [0.5, 0.6) is 0 Å². The number of morpholine rings is 1. The molecule has 0 spiro atoms. The number of carbonyl (C=O) groups excluding carboxylic acids is 6. The monoisotopic (exact) mass is 873 g/mol. The number of Topliss-reactive ketones (excluding diaryl/α,β-unsaturated/α-hetero) is 1. The average Bonchev–Trinajstić information content (AvgIpc) is 4.01. The zero-order valence-electron chi connectivity index (χ0n) is 38.0. The lowest BCUT2D eigenvalue weighted by atomic mass is 9.93. The summed E-state index contributed by atoms with van der Waals surface area (Å²) in [6, 6.07) is 14.3. The highest BCUT2D eigenvalue weighted by atomic mass is 16.6. The molecule has 2 saturated heterocycles. The Bertz CT molecular complexity index is 1870. The lowest BCUT2D eigenvalue weighted by Crippen LogP contribution is -2.60. The Kier molecular flexibility index (Phi) is 19.3. The van der Waals surface area contributed by atoms with Crippen molar-refractivity contribution in [1.82, 2.24) is 25.8 Å². The summed E-state index contributed by atoms with van der Waals surface area (Å²) in [7, 11) is 0. The van der Waals surface area contributed by atoms with Crippen molar-refractivity contribution < 1.29 is 47.7 Å². The average molecular weight is 874 g/mol. The number of carbonyl (C=O) groups is 6. The van der Waals surface area contributed by atoms with Gasteiger partial charge in [-0.1, -0.05) is 94.3 Å². The standard InChI is InChI=1S/C48H67N5O10/c1-9-24-62-47(6,7)46(59)61-32-53(41(54)30-52-22-25-60-26-23-52)40(21-20-35-16-12-10-13-17-35)45(58)51-38(28-34(4)5)43(56)50-39(29-36-18-14-11-15-19-36)44(57)49-37(27-33(2)3)42(55)48(8)31-63-48/h1,10-19,33-34,37-40H,20-32H2,2-8H3,(H,49,57)(H,50,56)(H,51,58)/t37-,38-,39-,40-,48-/m0/s1.